The van der Waals surface area contributed by atoms with E-state index in [9.17, 15) is 10.2 Å². The standard InChI is InChI=1S/C16H20O6/c1-2-8-19-16-13(18)12(17)14-11(21-16)9-20-15(22-14)10-6-4-3-5-7-10/h2-7,11-18H,1,8-9H2/t11?,12?,13-,14?,15?,16?/m0/s1. The molecule has 5 unspecified atom stereocenters. The summed E-state index contributed by atoms with van der Waals surface area (Å²) in [5.41, 5.74) is 0.854. The summed E-state index contributed by atoms with van der Waals surface area (Å²) in [5, 5.41) is 20.4. The molecule has 0 aromatic heterocycles. The number of aliphatic hydroxyl groups excluding tert-OH is 2. The van der Waals surface area contributed by atoms with Crippen molar-refractivity contribution in [2.45, 2.75) is 37.0 Å². The normalized spacial score (nSPS) is 38.3. The highest BCUT2D eigenvalue weighted by atomic mass is 16.8. The lowest BCUT2D eigenvalue weighted by molar-refractivity contribution is -0.360. The average molecular weight is 308 g/mol. The molecule has 3 rings (SSSR count). The van der Waals surface area contributed by atoms with Crippen molar-refractivity contribution in [3.05, 3.63) is 48.6 Å². The minimum atomic E-state index is -1.18. The minimum Gasteiger partial charge on any atom is -0.387 e. The van der Waals surface area contributed by atoms with Crippen LogP contribution < -0.4 is 0 Å². The Morgan fingerprint density at radius 3 is 2.68 bits per heavy atom. The van der Waals surface area contributed by atoms with Crippen LogP contribution in [0.3, 0.4) is 0 Å². The highest BCUT2D eigenvalue weighted by molar-refractivity contribution is 5.16. The van der Waals surface area contributed by atoms with Gasteiger partial charge >= 0.3 is 0 Å². The molecule has 0 amide bonds. The van der Waals surface area contributed by atoms with E-state index in [1.54, 1.807) is 6.08 Å². The molecule has 6 nitrogen and oxygen atoms in total. The van der Waals surface area contributed by atoms with Crippen LogP contribution >= 0.6 is 0 Å². The average Bonchev–Trinajstić information content (AvgIpc) is 2.57. The first-order valence-corrected chi connectivity index (χ1v) is 7.27. The van der Waals surface area contributed by atoms with E-state index in [4.69, 9.17) is 18.9 Å². The first-order chi connectivity index (χ1) is 10.7. The quantitative estimate of drug-likeness (QED) is 0.799. The molecule has 2 aliphatic heterocycles. The lowest BCUT2D eigenvalue weighted by Crippen LogP contribution is -2.62. The molecule has 0 aliphatic carbocycles. The van der Waals surface area contributed by atoms with Crippen LogP contribution in [-0.2, 0) is 18.9 Å². The molecule has 2 heterocycles. The molecule has 0 saturated carbocycles. The molecule has 22 heavy (non-hydrogen) atoms. The van der Waals surface area contributed by atoms with Crippen LogP contribution in [0.1, 0.15) is 11.9 Å². The number of rotatable bonds is 4. The lowest BCUT2D eigenvalue weighted by Gasteiger charge is -2.46. The Morgan fingerprint density at radius 2 is 1.95 bits per heavy atom. The zero-order valence-corrected chi connectivity index (χ0v) is 12.1. The van der Waals surface area contributed by atoms with Crippen molar-refractivity contribution >= 4 is 0 Å². The van der Waals surface area contributed by atoms with E-state index < -0.39 is 37.0 Å². The summed E-state index contributed by atoms with van der Waals surface area (Å²) in [5.74, 6) is 0. The SMILES string of the molecule is C=CCOC1OC2COC(c3ccccc3)OC2C(O)[C@@H]1O. The minimum absolute atomic E-state index is 0.222. The van der Waals surface area contributed by atoms with Gasteiger partial charge in [-0.3, -0.25) is 0 Å². The van der Waals surface area contributed by atoms with Crippen LogP contribution in [0.2, 0.25) is 0 Å². The van der Waals surface area contributed by atoms with Crippen molar-refractivity contribution < 1.29 is 29.2 Å². The molecule has 0 bridgehead atoms. The van der Waals surface area contributed by atoms with Crippen molar-refractivity contribution in [3.8, 4) is 0 Å². The van der Waals surface area contributed by atoms with Gasteiger partial charge in [-0.25, -0.2) is 0 Å². The van der Waals surface area contributed by atoms with E-state index in [0.717, 1.165) is 5.56 Å². The first kappa shape index (κ1) is 15.6. The van der Waals surface area contributed by atoms with Crippen molar-refractivity contribution in [2.24, 2.45) is 0 Å². The Balaban J connectivity index is 1.69. The highest BCUT2D eigenvalue weighted by Gasteiger charge is 2.49. The third-order valence-corrected chi connectivity index (χ3v) is 3.78. The van der Waals surface area contributed by atoms with Gasteiger partial charge in [0.25, 0.3) is 0 Å². The van der Waals surface area contributed by atoms with Gasteiger partial charge in [0.1, 0.15) is 24.4 Å². The van der Waals surface area contributed by atoms with Crippen LogP contribution in [0.25, 0.3) is 0 Å². The highest BCUT2D eigenvalue weighted by Crippen LogP contribution is 2.34. The van der Waals surface area contributed by atoms with Gasteiger partial charge in [-0.05, 0) is 0 Å². The molecule has 2 aliphatic rings. The summed E-state index contributed by atoms with van der Waals surface area (Å²) >= 11 is 0. The predicted molar refractivity (Wildman–Crippen MR) is 76.8 cm³/mol. The van der Waals surface area contributed by atoms with Gasteiger partial charge in [0.05, 0.1) is 13.2 Å². The Labute approximate surface area is 128 Å². The second-order valence-electron chi connectivity index (χ2n) is 5.32. The maximum Gasteiger partial charge on any atom is 0.187 e. The van der Waals surface area contributed by atoms with E-state index in [1.807, 2.05) is 30.3 Å². The van der Waals surface area contributed by atoms with Crippen LogP contribution in [0.5, 0.6) is 0 Å². The summed E-state index contributed by atoms with van der Waals surface area (Å²) in [4.78, 5) is 0. The number of hydrogen-bond acceptors (Lipinski definition) is 6. The summed E-state index contributed by atoms with van der Waals surface area (Å²) in [6, 6.07) is 9.44. The molecule has 120 valence electrons. The molecule has 1 aromatic rings. The topological polar surface area (TPSA) is 77.4 Å². The van der Waals surface area contributed by atoms with Gasteiger partial charge in [-0.2, -0.15) is 0 Å². The van der Waals surface area contributed by atoms with Crippen molar-refractivity contribution in [3.63, 3.8) is 0 Å². The summed E-state index contributed by atoms with van der Waals surface area (Å²) < 4.78 is 22.4. The smallest absolute Gasteiger partial charge is 0.187 e. The second-order valence-corrected chi connectivity index (χ2v) is 5.32. The Morgan fingerprint density at radius 1 is 1.18 bits per heavy atom. The van der Waals surface area contributed by atoms with E-state index in [-0.39, 0.29) is 13.2 Å². The molecule has 0 radical (unpaired) electrons. The van der Waals surface area contributed by atoms with Crippen molar-refractivity contribution in [2.75, 3.05) is 13.2 Å². The predicted octanol–water partition coefficient (Wildman–Crippen LogP) is 0.750. The summed E-state index contributed by atoms with van der Waals surface area (Å²) in [6.07, 6.45) is -3.41. The molecule has 2 saturated heterocycles. The van der Waals surface area contributed by atoms with Gasteiger partial charge in [-0.1, -0.05) is 36.4 Å². The van der Waals surface area contributed by atoms with Gasteiger partial charge in [-0.15, -0.1) is 6.58 Å². The maximum atomic E-state index is 10.3. The van der Waals surface area contributed by atoms with Crippen molar-refractivity contribution in [1.29, 1.82) is 0 Å². The van der Waals surface area contributed by atoms with E-state index >= 15 is 0 Å². The summed E-state index contributed by atoms with van der Waals surface area (Å²) in [6.45, 7) is 4.01. The largest absolute Gasteiger partial charge is 0.387 e. The fourth-order valence-corrected chi connectivity index (χ4v) is 2.66. The number of hydrogen-bond donors (Lipinski definition) is 2. The van der Waals surface area contributed by atoms with Gasteiger partial charge in [0, 0.05) is 5.56 Å². The second kappa shape index (κ2) is 6.87. The zero-order valence-electron chi connectivity index (χ0n) is 12.1. The van der Waals surface area contributed by atoms with Crippen molar-refractivity contribution in [1.82, 2.24) is 0 Å². The van der Waals surface area contributed by atoms with Crippen LogP contribution in [-0.4, -0.2) is 54.1 Å². The molecule has 2 N–H and O–H groups in total. The maximum absolute atomic E-state index is 10.3. The monoisotopic (exact) mass is 308 g/mol. The van der Waals surface area contributed by atoms with E-state index in [2.05, 4.69) is 6.58 Å². The Hall–Kier alpha value is -1.28. The molecule has 6 heteroatoms. The van der Waals surface area contributed by atoms with Crippen LogP contribution in [0.15, 0.2) is 43.0 Å². The fourth-order valence-electron chi connectivity index (χ4n) is 2.66. The number of fused-ring (bicyclic) bond motifs is 1. The fraction of sp³-hybridized carbons (Fsp3) is 0.500. The van der Waals surface area contributed by atoms with Crippen LogP contribution in [0.4, 0.5) is 0 Å². The summed E-state index contributed by atoms with van der Waals surface area (Å²) in [7, 11) is 0. The van der Waals surface area contributed by atoms with Gasteiger partial charge in [0.2, 0.25) is 0 Å². The van der Waals surface area contributed by atoms with E-state index in [0.29, 0.717) is 0 Å². The van der Waals surface area contributed by atoms with E-state index in [1.165, 1.54) is 0 Å². The van der Waals surface area contributed by atoms with Gasteiger partial charge in [0.15, 0.2) is 12.6 Å². The zero-order chi connectivity index (χ0) is 15.5. The molecule has 1 aromatic carbocycles. The Bertz CT molecular complexity index is 491. The molecular weight excluding hydrogens is 288 g/mol. The Kier molecular flexibility index (Phi) is 4.87. The lowest BCUT2D eigenvalue weighted by atomic mass is 9.98. The first-order valence-electron chi connectivity index (χ1n) is 7.27. The molecular formula is C16H20O6. The number of ether oxygens (including phenoxy) is 4. The molecule has 6 atom stereocenters. The number of benzene rings is 1. The molecule has 2 fully saturated rings. The molecule has 0 spiro atoms. The third-order valence-electron chi connectivity index (χ3n) is 3.78. The number of aliphatic hydroxyl groups is 2. The van der Waals surface area contributed by atoms with Crippen LogP contribution in [0, 0.1) is 0 Å². The third kappa shape index (κ3) is 3.08. The van der Waals surface area contributed by atoms with Gasteiger partial charge < -0.3 is 29.2 Å².